The molecule has 0 aliphatic rings. The number of rotatable bonds is 5. The maximum Gasteiger partial charge on any atom is 0.100 e. The van der Waals surface area contributed by atoms with Gasteiger partial charge in [0.15, 0.2) is 0 Å². The minimum atomic E-state index is 0.648. The van der Waals surface area contributed by atoms with Gasteiger partial charge in [0, 0.05) is 28.9 Å². The number of nitrogens with two attached hydrogens (primary N) is 1. The average molecular weight is 344 g/mol. The van der Waals surface area contributed by atoms with E-state index in [1.807, 2.05) is 36.4 Å². The molecule has 0 saturated carbocycles. The number of nitriles is 1. The van der Waals surface area contributed by atoms with Crippen LogP contribution < -0.4 is 10.6 Å². The molecule has 0 heterocycles. The predicted octanol–water partition coefficient (Wildman–Crippen LogP) is 4.32. The third kappa shape index (κ3) is 3.77. The van der Waals surface area contributed by atoms with Crippen molar-refractivity contribution in [2.75, 3.05) is 17.2 Å². The molecule has 0 aromatic heterocycles. The molecule has 0 unspecified atom stereocenters. The van der Waals surface area contributed by atoms with Crippen LogP contribution in [0.1, 0.15) is 24.5 Å². The van der Waals surface area contributed by atoms with Gasteiger partial charge in [-0.15, -0.1) is 0 Å². The number of para-hydroxylation sites is 1. The van der Waals surface area contributed by atoms with E-state index in [1.54, 1.807) is 0 Å². The quantitative estimate of drug-likeness (QED) is 0.822. The monoisotopic (exact) mass is 343 g/mol. The van der Waals surface area contributed by atoms with E-state index < -0.39 is 0 Å². The minimum absolute atomic E-state index is 0.648. The van der Waals surface area contributed by atoms with Gasteiger partial charge < -0.3 is 10.6 Å². The number of hydrogen-bond acceptors (Lipinski definition) is 3. The molecule has 0 amide bonds. The summed E-state index contributed by atoms with van der Waals surface area (Å²) in [5.41, 5.74) is 9.70. The fourth-order valence-electron chi connectivity index (χ4n) is 2.24. The fraction of sp³-hybridized carbons (Fsp3) is 0.235. The van der Waals surface area contributed by atoms with E-state index in [0.29, 0.717) is 5.56 Å². The maximum atomic E-state index is 9.01. The predicted molar refractivity (Wildman–Crippen MR) is 91.1 cm³/mol. The van der Waals surface area contributed by atoms with Crippen molar-refractivity contribution in [3.05, 3.63) is 58.1 Å². The molecule has 0 bridgehead atoms. The second kappa shape index (κ2) is 7.14. The highest BCUT2D eigenvalue weighted by atomic mass is 79.9. The van der Waals surface area contributed by atoms with Crippen molar-refractivity contribution in [1.82, 2.24) is 0 Å². The zero-order valence-corrected chi connectivity index (χ0v) is 13.6. The summed E-state index contributed by atoms with van der Waals surface area (Å²) in [6, 6.07) is 15.9. The van der Waals surface area contributed by atoms with E-state index in [0.717, 1.165) is 40.9 Å². The zero-order chi connectivity index (χ0) is 15.2. The van der Waals surface area contributed by atoms with Crippen molar-refractivity contribution < 1.29 is 0 Å². The summed E-state index contributed by atoms with van der Waals surface area (Å²) in [4.78, 5) is 2.28. The number of nitrogens with zero attached hydrogens (tertiary/aromatic N) is 2. The van der Waals surface area contributed by atoms with Gasteiger partial charge in [0.05, 0.1) is 5.56 Å². The van der Waals surface area contributed by atoms with Gasteiger partial charge in [-0.05, 0) is 52.2 Å². The van der Waals surface area contributed by atoms with Crippen molar-refractivity contribution in [2.45, 2.75) is 19.9 Å². The fourth-order valence-corrected chi connectivity index (χ4v) is 2.70. The lowest BCUT2D eigenvalue weighted by atomic mass is 10.1. The molecule has 3 nitrogen and oxygen atoms in total. The summed E-state index contributed by atoms with van der Waals surface area (Å²) in [5.74, 6) is 0. The third-order valence-corrected chi connectivity index (χ3v) is 4.00. The van der Waals surface area contributed by atoms with Crippen molar-refractivity contribution in [1.29, 1.82) is 5.26 Å². The molecule has 4 heteroatoms. The van der Waals surface area contributed by atoms with Crippen LogP contribution in [0.2, 0.25) is 0 Å². The Balaban J connectivity index is 2.29. The summed E-state index contributed by atoms with van der Waals surface area (Å²) in [7, 11) is 0. The Labute approximate surface area is 134 Å². The summed E-state index contributed by atoms with van der Waals surface area (Å²) in [5, 5.41) is 9.01. The number of benzene rings is 2. The Hall–Kier alpha value is -1.99. The lowest BCUT2D eigenvalue weighted by Gasteiger charge is -2.25. The van der Waals surface area contributed by atoms with E-state index in [4.69, 9.17) is 11.0 Å². The van der Waals surface area contributed by atoms with Gasteiger partial charge in [0.2, 0.25) is 0 Å². The molecule has 0 radical (unpaired) electrons. The van der Waals surface area contributed by atoms with Gasteiger partial charge >= 0.3 is 0 Å². The van der Waals surface area contributed by atoms with Crippen LogP contribution in [-0.4, -0.2) is 6.54 Å². The van der Waals surface area contributed by atoms with Gasteiger partial charge in [-0.25, -0.2) is 0 Å². The molecule has 0 aliphatic heterocycles. The summed E-state index contributed by atoms with van der Waals surface area (Å²) in [6.45, 7) is 3.85. The molecule has 108 valence electrons. The second-order valence-electron chi connectivity index (χ2n) is 4.90. The molecule has 2 aromatic carbocycles. The molecular formula is C17H18BrN3. The van der Waals surface area contributed by atoms with Crippen LogP contribution in [0.5, 0.6) is 0 Å². The van der Waals surface area contributed by atoms with E-state index in [-0.39, 0.29) is 0 Å². The summed E-state index contributed by atoms with van der Waals surface area (Å²) in [6.07, 6.45) is 1.05. The van der Waals surface area contributed by atoms with Crippen LogP contribution in [-0.2, 0) is 6.54 Å². The van der Waals surface area contributed by atoms with Gasteiger partial charge in [0.25, 0.3) is 0 Å². The van der Waals surface area contributed by atoms with Crippen LogP contribution in [0.15, 0.2) is 46.9 Å². The molecule has 0 atom stereocenters. The Bertz CT molecular complexity index is 661. The normalized spacial score (nSPS) is 10.1. The molecule has 0 spiro atoms. The molecular weight excluding hydrogens is 326 g/mol. The number of hydrogen-bond donors (Lipinski definition) is 1. The van der Waals surface area contributed by atoms with Crippen LogP contribution in [0.3, 0.4) is 0 Å². The largest absolute Gasteiger partial charge is 0.398 e. The molecule has 0 saturated heterocycles. The topological polar surface area (TPSA) is 53.0 Å². The average Bonchev–Trinajstić information content (AvgIpc) is 2.49. The smallest absolute Gasteiger partial charge is 0.100 e. The zero-order valence-electron chi connectivity index (χ0n) is 12.0. The van der Waals surface area contributed by atoms with E-state index in [2.05, 4.69) is 39.9 Å². The van der Waals surface area contributed by atoms with Crippen LogP contribution in [0, 0.1) is 11.3 Å². The first-order valence-corrected chi connectivity index (χ1v) is 7.73. The van der Waals surface area contributed by atoms with Gasteiger partial charge in [-0.1, -0.05) is 25.1 Å². The first-order valence-electron chi connectivity index (χ1n) is 6.93. The Morgan fingerprint density at radius 1 is 1.24 bits per heavy atom. The minimum Gasteiger partial charge on any atom is -0.398 e. The first kappa shape index (κ1) is 15.4. The molecule has 21 heavy (non-hydrogen) atoms. The van der Waals surface area contributed by atoms with Crippen LogP contribution in [0.25, 0.3) is 0 Å². The Kier molecular flexibility index (Phi) is 5.24. The third-order valence-electron chi connectivity index (χ3n) is 3.35. The van der Waals surface area contributed by atoms with Crippen molar-refractivity contribution in [3.8, 4) is 6.07 Å². The SMILES string of the molecule is CCCN(Cc1ccccc1N)c1ccc(C#N)c(Br)c1. The lowest BCUT2D eigenvalue weighted by molar-refractivity contribution is 0.768. The maximum absolute atomic E-state index is 9.01. The number of nitrogen functional groups attached to an aromatic ring is 1. The van der Waals surface area contributed by atoms with E-state index >= 15 is 0 Å². The molecule has 2 aromatic rings. The van der Waals surface area contributed by atoms with Gasteiger partial charge in [-0.2, -0.15) is 5.26 Å². The van der Waals surface area contributed by atoms with Gasteiger partial charge in [0.1, 0.15) is 6.07 Å². The first-order chi connectivity index (χ1) is 10.2. The molecule has 2 N–H and O–H groups in total. The summed E-state index contributed by atoms with van der Waals surface area (Å²) >= 11 is 3.45. The van der Waals surface area contributed by atoms with Gasteiger partial charge in [-0.3, -0.25) is 0 Å². The molecule has 0 aliphatic carbocycles. The molecule has 2 rings (SSSR count). The highest BCUT2D eigenvalue weighted by molar-refractivity contribution is 9.10. The number of halogens is 1. The van der Waals surface area contributed by atoms with E-state index in [1.165, 1.54) is 0 Å². The summed E-state index contributed by atoms with van der Waals surface area (Å²) < 4.78 is 0.824. The van der Waals surface area contributed by atoms with Crippen LogP contribution in [0.4, 0.5) is 11.4 Å². The standard InChI is InChI=1S/C17H18BrN3/c1-2-9-21(12-14-5-3-4-6-17(14)20)15-8-7-13(11-19)16(18)10-15/h3-8,10H,2,9,12,20H2,1H3. The molecule has 0 fully saturated rings. The highest BCUT2D eigenvalue weighted by Gasteiger charge is 2.10. The van der Waals surface area contributed by atoms with Crippen molar-refractivity contribution in [2.24, 2.45) is 0 Å². The van der Waals surface area contributed by atoms with Crippen LogP contribution >= 0.6 is 15.9 Å². The highest BCUT2D eigenvalue weighted by Crippen LogP contribution is 2.26. The van der Waals surface area contributed by atoms with Crippen molar-refractivity contribution >= 4 is 27.3 Å². The second-order valence-corrected chi connectivity index (χ2v) is 5.75. The Morgan fingerprint density at radius 3 is 2.62 bits per heavy atom. The Morgan fingerprint density at radius 2 is 2.00 bits per heavy atom. The number of anilines is 2. The van der Waals surface area contributed by atoms with Crippen molar-refractivity contribution in [3.63, 3.8) is 0 Å². The van der Waals surface area contributed by atoms with E-state index in [9.17, 15) is 0 Å². The lowest BCUT2D eigenvalue weighted by Crippen LogP contribution is -2.24.